The van der Waals surface area contributed by atoms with Gasteiger partial charge in [-0.2, -0.15) is 0 Å². The van der Waals surface area contributed by atoms with Crippen LogP contribution in [0.4, 0.5) is 11.4 Å². The number of aromatic nitrogens is 1. The molecule has 200 valence electrons. The zero-order valence-corrected chi connectivity index (χ0v) is 23.0. The molecule has 4 aromatic rings. The number of nitrogens with zero attached hydrogens (tertiary/aromatic N) is 2. The van der Waals surface area contributed by atoms with Gasteiger partial charge in [0.1, 0.15) is 5.75 Å². The number of amides is 1. The summed E-state index contributed by atoms with van der Waals surface area (Å²) in [6, 6.07) is 25.2. The summed E-state index contributed by atoms with van der Waals surface area (Å²) < 4.78 is 34.9. The second-order valence-electron chi connectivity index (χ2n) is 10.6. The highest BCUT2D eigenvalue weighted by Gasteiger charge is 2.38. The maximum Gasteiger partial charge on any atom is 0.267 e. The Bertz CT molecular complexity index is 1570. The minimum Gasteiger partial charge on any atom is -0.476 e. The lowest BCUT2D eigenvalue weighted by Crippen LogP contribution is -2.49. The lowest BCUT2D eigenvalue weighted by molar-refractivity contribution is -0.122. The molecule has 1 aliphatic rings. The highest BCUT2D eigenvalue weighted by Crippen LogP contribution is 2.40. The number of carbonyl (C=O) groups excluding carboxylic acids is 1. The number of carbonyl (C=O) groups is 1. The van der Waals surface area contributed by atoms with Gasteiger partial charge in [-0.25, -0.2) is 8.42 Å². The van der Waals surface area contributed by atoms with Gasteiger partial charge in [0.2, 0.25) is 0 Å². The van der Waals surface area contributed by atoms with E-state index in [1.165, 1.54) is 4.31 Å². The van der Waals surface area contributed by atoms with E-state index >= 15 is 0 Å². The Morgan fingerprint density at radius 3 is 2.28 bits per heavy atom. The molecule has 1 amide bonds. The number of pyridine rings is 1. The SMILES string of the molecule is CC(C)(C)c1ccc2c(c1)N(S(=O)(=O)c1ccccc1)C[C@H](C(=O)Nc1ccc(Cc3ccncc3)cc1)O2. The molecule has 1 atom stereocenters. The van der Waals surface area contributed by atoms with Crippen LogP contribution in [0, 0.1) is 0 Å². The average molecular weight is 542 g/mol. The first-order chi connectivity index (χ1) is 18.6. The Balaban J connectivity index is 1.40. The number of ether oxygens (including phenoxy) is 1. The molecule has 2 heterocycles. The first-order valence-electron chi connectivity index (χ1n) is 12.8. The fourth-order valence-corrected chi connectivity index (χ4v) is 5.96. The zero-order valence-electron chi connectivity index (χ0n) is 22.2. The summed E-state index contributed by atoms with van der Waals surface area (Å²) in [6.07, 6.45) is 3.24. The summed E-state index contributed by atoms with van der Waals surface area (Å²) in [5.74, 6) is -0.0719. The van der Waals surface area contributed by atoms with Gasteiger partial charge in [0.05, 0.1) is 17.1 Å². The number of fused-ring (bicyclic) bond motifs is 1. The van der Waals surface area contributed by atoms with E-state index in [1.807, 2.05) is 48.5 Å². The smallest absolute Gasteiger partial charge is 0.267 e. The van der Waals surface area contributed by atoms with Crippen LogP contribution >= 0.6 is 0 Å². The van der Waals surface area contributed by atoms with Crippen molar-refractivity contribution < 1.29 is 17.9 Å². The third-order valence-electron chi connectivity index (χ3n) is 6.70. The number of hydrogen-bond donors (Lipinski definition) is 1. The maximum atomic E-state index is 13.8. The molecular formula is C31H31N3O4S. The van der Waals surface area contributed by atoms with E-state index in [4.69, 9.17) is 4.74 Å². The van der Waals surface area contributed by atoms with Crippen LogP contribution in [0.15, 0.2) is 102 Å². The van der Waals surface area contributed by atoms with Crippen LogP contribution in [0.1, 0.15) is 37.5 Å². The van der Waals surface area contributed by atoms with Crippen LogP contribution in [0.5, 0.6) is 5.75 Å². The highest BCUT2D eigenvalue weighted by atomic mass is 32.2. The van der Waals surface area contributed by atoms with Crippen molar-refractivity contribution in [3.63, 3.8) is 0 Å². The molecule has 8 heteroatoms. The fraction of sp³-hybridized carbons (Fsp3) is 0.226. The van der Waals surface area contributed by atoms with Gasteiger partial charge in [-0.05, 0) is 77.1 Å². The van der Waals surface area contributed by atoms with Crippen molar-refractivity contribution in [1.29, 1.82) is 0 Å². The van der Waals surface area contributed by atoms with E-state index < -0.39 is 22.0 Å². The van der Waals surface area contributed by atoms with E-state index in [2.05, 4.69) is 31.1 Å². The van der Waals surface area contributed by atoms with Crippen LogP contribution in [0.3, 0.4) is 0 Å². The second kappa shape index (κ2) is 10.5. The summed E-state index contributed by atoms with van der Waals surface area (Å²) >= 11 is 0. The van der Waals surface area contributed by atoms with Crippen molar-refractivity contribution >= 4 is 27.3 Å². The number of rotatable bonds is 6. The zero-order chi connectivity index (χ0) is 27.6. The topological polar surface area (TPSA) is 88.6 Å². The molecule has 0 fully saturated rings. The molecule has 1 aromatic heterocycles. The predicted octanol–water partition coefficient (Wildman–Crippen LogP) is 5.56. The van der Waals surface area contributed by atoms with E-state index in [1.54, 1.807) is 48.8 Å². The van der Waals surface area contributed by atoms with Crippen molar-refractivity contribution in [3.8, 4) is 5.75 Å². The minimum absolute atomic E-state index is 0.149. The maximum absolute atomic E-state index is 13.8. The minimum atomic E-state index is -3.94. The summed E-state index contributed by atoms with van der Waals surface area (Å²) in [5.41, 5.74) is 4.04. The van der Waals surface area contributed by atoms with Gasteiger partial charge < -0.3 is 10.1 Å². The molecule has 7 nitrogen and oxygen atoms in total. The normalized spacial score (nSPS) is 15.3. The van der Waals surface area contributed by atoms with E-state index in [0.29, 0.717) is 17.1 Å². The molecule has 5 rings (SSSR count). The monoisotopic (exact) mass is 541 g/mol. The second-order valence-corrected chi connectivity index (χ2v) is 12.5. The van der Waals surface area contributed by atoms with Crippen LogP contribution in [-0.2, 0) is 26.7 Å². The fourth-order valence-electron chi connectivity index (χ4n) is 4.47. The molecule has 0 saturated carbocycles. The Morgan fingerprint density at radius 1 is 0.949 bits per heavy atom. The van der Waals surface area contributed by atoms with Gasteiger partial charge in [0.25, 0.3) is 15.9 Å². The van der Waals surface area contributed by atoms with Crippen LogP contribution in [0.2, 0.25) is 0 Å². The summed E-state index contributed by atoms with van der Waals surface area (Å²) in [5, 5.41) is 2.89. The molecule has 1 aliphatic heterocycles. The largest absolute Gasteiger partial charge is 0.476 e. The number of sulfonamides is 1. The van der Waals surface area contributed by atoms with Gasteiger partial charge in [-0.15, -0.1) is 0 Å². The van der Waals surface area contributed by atoms with Crippen molar-refractivity contribution in [2.45, 2.75) is 43.6 Å². The first kappa shape index (κ1) is 26.4. The Hall–Kier alpha value is -4.17. The summed E-state index contributed by atoms with van der Waals surface area (Å²) in [7, 11) is -3.94. The molecule has 0 aliphatic carbocycles. The third-order valence-corrected chi connectivity index (χ3v) is 8.49. The van der Waals surface area contributed by atoms with Crippen molar-refractivity contribution in [1.82, 2.24) is 4.98 Å². The first-order valence-corrected chi connectivity index (χ1v) is 14.2. The molecule has 3 aromatic carbocycles. The summed E-state index contributed by atoms with van der Waals surface area (Å²) in [6.45, 7) is 6.04. The highest BCUT2D eigenvalue weighted by molar-refractivity contribution is 7.92. The molecule has 0 spiro atoms. The third kappa shape index (κ3) is 5.81. The molecule has 0 radical (unpaired) electrons. The van der Waals surface area contributed by atoms with Gasteiger partial charge in [-0.3, -0.25) is 14.1 Å². The molecular weight excluding hydrogens is 510 g/mol. The van der Waals surface area contributed by atoms with Crippen molar-refractivity contribution in [3.05, 3.63) is 114 Å². The van der Waals surface area contributed by atoms with Gasteiger partial charge in [-0.1, -0.05) is 57.2 Å². The van der Waals surface area contributed by atoms with Crippen LogP contribution < -0.4 is 14.4 Å². The van der Waals surface area contributed by atoms with Crippen molar-refractivity contribution in [2.24, 2.45) is 0 Å². The lowest BCUT2D eigenvalue weighted by atomic mass is 9.86. The van der Waals surface area contributed by atoms with Crippen molar-refractivity contribution in [2.75, 3.05) is 16.2 Å². The average Bonchev–Trinajstić information content (AvgIpc) is 2.93. The molecule has 0 unspecified atom stereocenters. The molecule has 0 bridgehead atoms. The number of nitrogens with one attached hydrogen (secondary N) is 1. The van der Waals surface area contributed by atoms with E-state index in [9.17, 15) is 13.2 Å². The van der Waals surface area contributed by atoms with E-state index in [-0.39, 0.29) is 16.9 Å². The Kier molecular flexibility index (Phi) is 7.14. The number of hydrogen-bond acceptors (Lipinski definition) is 5. The van der Waals surface area contributed by atoms with Gasteiger partial charge in [0, 0.05) is 18.1 Å². The number of benzene rings is 3. The number of anilines is 2. The molecule has 1 N–H and O–H groups in total. The van der Waals surface area contributed by atoms with Gasteiger partial charge >= 0.3 is 0 Å². The van der Waals surface area contributed by atoms with Crippen LogP contribution in [-0.4, -0.2) is 32.0 Å². The molecule has 39 heavy (non-hydrogen) atoms. The van der Waals surface area contributed by atoms with Gasteiger partial charge in [0.15, 0.2) is 6.10 Å². The Morgan fingerprint density at radius 2 is 1.62 bits per heavy atom. The predicted molar refractivity (Wildman–Crippen MR) is 153 cm³/mol. The lowest BCUT2D eigenvalue weighted by Gasteiger charge is -2.36. The molecule has 0 saturated heterocycles. The van der Waals surface area contributed by atoms with Crippen LogP contribution in [0.25, 0.3) is 0 Å². The Labute approximate surface area is 229 Å². The van der Waals surface area contributed by atoms with E-state index in [0.717, 1.165) is 23.1 Å². The quantitative estimate of drug-likeness (QED) is 0.345. The summed E-state index contributed by atoms with van der Waals surface area (Å²) in [4.78, 5) is 17.5. The standard InChI is InChI=1S/C31H31N3O4S/c1-31(2,3)24-11-14-28-27(20-24)34(39(36,37)26-7-5-4-6-8-26)21-29(38-28)30(35)33-25-12-9-22(10-13-25)19-23-15-17-32-18-16-23/h4-18,20,29H,19,21H2,1-3H3,(H,33,35)/t29-/m1/s1.